The summed E-state index contributed by atoms with van der Waals surface area (Å²) >= 11 is 0. The molecule has 1 aromatic rings. The third kappa shape index (κ3) is 4.57. The molecule has 0 spiro atoms. The van der Waals surface area contributed by atoms with Crippen molar-refractivity contribution >= 4 is 5.91 Å². The Hall–Kier alpha value is -1.35. The van der Waals surface area contributed by atoms with Crippen LogP contribution in [0.1, 0.15) is 64.6 Å². The van der Waals surface area contributed by atoms with Gasteiger partial charge < -0.3 is 5.32 Å². The van der Waals surface area contributed by atoms with E-state index in [1.54, 1.807) is 0 Å². The van der Waals surface area contributed by atoms with Gasteiger partial charge in [0.05, 0.1) is 6.04 Å². The molecule has 0 bridgehead atoms. The molecule has 3 heteroatoms. The first-order chi connectivity index (χ1) is 9.77. The Labute approximate surface area is 128 Å². The minimum absolute atomic E-state index is 0.107. The van der Waals surface area contributed by atoms with Crippen LogP contribution in [-0.2, 0) is 10.2 Å². The Morgan fingerprint density at radius 3 is 2.19 bits per heavy atom. The van der Waals surface area contributed by atoms with Crippen molar-refractivity contribution in [2.24, 2.45) is 0 Å². The van der Waals surface area contributed by atoms with E-state index < -0.39 is 0 Å². The van der Waals surface area contributed by atoms with Crippen molar-refractivity contribution in [1.29, 1.82) is 0 Å². The predicted molar refractivity (Wildman–Crippen MR) is 87.3 cm³/mol. The number of rotatable bonds is 5. The van der Waals surface area contributed by atoms with Crippen molar-refractivity contribution in [1.82, 2.24) is 10.6 Å². The molecule has 2 rings (SSSR count). The van der Waals surface area contributed by atoms with Crippen molar-refractivity contribution in [3.63, 3.8) is 0 Å². The molecule has 1 aromatic carbocycles. The average molecular weight is 288 g/mol. The summed E-state index contributed by atoms with van der Waals surface area (Å²) in [5.74, 6) is 0.107. The Morgan fingerprint density at radius 2 is 1.71 bits per heavy atom. The maximum Gasteiger partial charge on any atom is 0.237 e. The summed E-state index contributed by atoms with van der Waals surface area (Å²) in [7, 11) is 0. The maximum atomic E-state index is 12.0. The SMILES string of the molecule is CC(NC(C)c1ccc(C(C)(C)C)cc1)C(=O)NC1CC1. The molecule has 1 fully saturated rings. The molecule has 0 heterocycles. The van der Waals surface area contributed by atoms with Crippen molar-refractivity contribution in [3.05, 3.63) is 35.4 Å². The zero-order chi connectivity index (χ0) is 15.6. The summed E-state index contributed by atoms with van der Waals surface area (Å²) in [5.41, 5.74) is 2.72. The number of hydrogen-bond acceptors (Lipinski definition) is 2. The highest BCUT2D eigenvalue weighted by molar-refractivity contribution is 5.81. The van der Waals surface area contributed by atoms with Gasteiger partial charge in [0.15, 0.2) is 0 Å². The molecule has 2 unspecified atom stereocenters. The fraction of sp³-hybridized carbons (Fsp3) is 0.611. The van der Waals surface area contributed by atoms with Crippen molar-refractivity contribution < 1.29 is 4.79 Å². The van der Waals surface area contributed by atoms with Crippen molar-refractivity contribution in [2.45, 2.75) is 71.0 Å². The molecule has 0 aromatic heterocycles. The quantitative estimate of drug-likeness (QED) is 0.873. The predicted octanol–water partition coefficient (Wildman–Crippen LogP) is 3.30. The second-order valence-electron chi connectivity index (χ2n) is 7.26. The molecule has 0 aliphatic heterocycles. The smallest absolute Gasteiger partial charge is 0.237 e. The van der Waals surface area contributed by atoms with E-state index >= 15 is 0 Å². The van der Waals surface area contributed by atoms with Crippen LogP contribution in [0, 0.1) is 0 Å². The highest BCUT2D eigenvalue weighted by Gasteiger charge is 2.26. The Kier molecular flexibility index (Phi) is 4.72. The number of carbonyl (C=O) groups is 1. The Morgan fingerprint density at radius 1 is 1.14 bits per heavy atom. The van der Waals surface area contributed by atoms with Gasteiger partial charge in [-0.05, 0) is 43.2 Å². The molecular weight excluding hydrogens is 260 g/mol. The molecule has 1 saturated carbocycles. The lowest BCUT2D eigenvalue weighted by Gasteiger charge is -2.22. The van der Waals surface area contributed by atoms with Crippen LogP contribution in [-0.4, -0.2) is 18.0 Å². The average Bonchev–Trinajstić information content (AvgIpc) is 3.21. The zero-order valence-corrected chi connectivity index (χ0v) is 13.9. The van der Waals surface area contributed by atoms with E-state index in [0.717, 1.165) is 12.8 Å². The van der Waals surface area contributed by atoms with E-state index in [1.807, 2.05) is 6.92 Å². The first kappa shape index (κ1) is 16.0. The molecule has 116 valence electrons. The minimum Gasteiger partial charge on any atom is -0.352 e. The summed E-state index contributed by atoms with van der Waals surface area (Å²) in [4.78, 5) is 12.0. The van der Waals surface area contributed by atoms with E-state index in [2.05, 4.69) is 62.6 Å². The molecular formula is C18H28N2O. The highest BCUT2D eigenvalue weighted by Crippen LogP contribution is 2.24. The number of benzene rings is 1. The van der Waals surface area contributed by atoms with E-state index in [4.69, 9.17) is 0 Å². The maximum absolute atomic E-state index is 12.0. The van der Waals surface area contributed by atoms with Gasteiger partial charge in [-0.1, -0.05) is 45.0 Å². The summed E-state index contributed by atoms with van der Waals surface area (Å²) < 4.78 is 0. The first-order valence-electron chi connectivity index (χ1n) is 7.94. The third-order valence-electron chi connectivity index (χ3n) is 4.09. The molecule has 0 saturated heterocycles. The number of carbonyl (C=O) groups excluding carboxylic acids is 1. The van der Waals surface area contributed by atoms with Crippen LogP contribution in [0.25, 0.3) is 0 Å². The van der Waals surface area contributed by atoms with Crippen molar-refractivity contribution in [3.8, 4) is 0 Å². The van der Waals surface area contributed by atoms with E-state index in [0.29, 0.717) is 6.04 Å². The van der Waals surface area contributed by atoms with Crippen LogP contribution in [0.4, 0.5) is 0 Å². The minimum atomic E-state index is -0.164. The normalized spacial score (nSPS) is 18.1. The monoisotopic (exact) mass is 288 g/mol. The summed E-state index contributed by atoms with van der Waals surface area (Å²) in [6.07, 6.45) is 2.25. The van der Waals surface area contributed by atoms with E-state index in [-0.39, 0.29) is 23.4 Å². The molecule has 0 radical (unpaired) electrons. The van der Waals surface area contributed by atoms with Crippen LogP contribution >= 0.6 is 0 Å². The summed E-state index contributed by atoms with van der Waals surface area (Å²) in [6, 6.07) is 9.10. The molecule has 3 nitrogen and oxygen atoms in total. The number of hydrogen-bond donors (Lipinski definition) is 2. The van der Waals surface area contributed by atoms with Gasteiger partial charge in [-0.2, -0.15) is 0 Å². The van der Waals surface area contributed by atoms with Crippen molar-refractivity contribution in [2.75, 3.05) is 0 Å². The number of amides is 1. The van der Waals surface area contributed by atoms with Crippen LogP contribution in [0.3, 0.4) is 0 Å². The van der Waals surface area contributed by atoms with Gasteiger partial charge in [0, 0.05) is 12.1 Å². The van der Waals surface area contributed by atoms with Gasteiger partial charge >= 0.3 is 0 Å². The Balaban J connectivity index is 1.92. The molecule has 1 amide bonds. The van der Waals surface area contributed by atoms with Gasteiger partial charge in [0.2, 0.25) is 5.91 Å². The standard InChI is InChI=1S/C18H28N2O/c1-12(19-13(2)17(21)20-16-10-11-16)14-6-8-15(9-7-14)18(3,4)5/h6-9,12-13,16,19H,10-11H2,1-5H3,(H,20,21). The van der Waals surface area contributed by atoms with E-state index in [1.165, 1.54) is 11.1 Å². The van der Waals surface area contributed by atoms with E-state index in [9.17, 15) is 4.79 Å². The third-order valence-corrected chi connectivity index (χ3v) is 4.09. The molecule has 1 aliphatic carbocycles. The largest absolute Gasteiger partial charge is 0.352 e. The first-order valence-corrected chi connectivity index (χ1v) is 7.94. The lowest BCUT2D eigenvalue weighted by molar-refractivity contribution is -0.123. The molecule has 2 atom stereocenters. The van der Waals surface area contributed by atoms with Gasteiger partial charge in [-0.3, -0.25) is 10.1 Å². The van der Waals surface area contributed by atoms with Gasteiger partial charge in [-0.15, -0.1) is 0 Å². The number of nitrogens with one attached hydrogen (secondary N) is 2. The lowest BCUT2D eigenvalue weighted by atomic mass is 9.86. The van der Waals surface area contributed by atoms with Gasteiger partial charge in [-0.25, -0.2) is 0 Å². The molecule has 2 N–H and O–H groups in total. The highest BCUT2D eigenvalue weighted by atomic mass is 16.2. The fourth-order valence-corrected chi connectivity index (χ4v) is 2.37. The fourth-order valence-electron chi connectivity index (χ4n) is 2.37. The van der Waals surface area contributed by atoms with Crippen LogP contribution < -0.4 is 10.6 Å². The van der Waals surface area contributed by atoms with Crippen LogP contribution in [0.5, 0.6) is 0 Å². The second-order valence-corrected chi connectivity index (χ2v) is 7.26. The summed E-state index contributed by atoms with van der Waals surface area (Å²) in [6.45, 7) is 10.7. The zero-order valence-electron chi connectivity index (χ0n) is 13.9. The van der Waals surface area contributed by atoms with Gasteiger partial charge in [0.25, 0.3) is 0 Å². The summed E-state index contributed by atoms with van der Waals surface area (Å²) in [5, 5.41) is 6.41. The Bertz CT molecular complexity index is 483. The lowest BCUT2D eigenvalue weighted by Crippen LogP contribution is -2.43. The van der Waals surface area contributed by atoms with Crippen LogP contribution in [0.2, 0.25) is 0 Å². The van der Waals surface area contributed by atoms with Crippen LogP contribution in [0.15, 0.2) is 24.3 Å². The van der Waals surface area contributed by atoms with Gasteiger partial charge in [0.1, 0.15) is 0 Å². The molecule has 1 aliphatic rings. The second kappa shape index (κ2) is 6.18. The molecule has 21 heavy (non-hydrogen) atoms. The topological polar surface area (TPSA) is 41.1 Å².